The summed E-state index contributed by atoms with van der Waals surface area (Å²) in [6.07, 6.45) is 1.95. The molecule has 10 atom stereocenters. The number of primary amides is 1. The number of nitrogens with two attached hydrogens (primary N) is 8. The van der Waals surface area contributed by atoms with Crippen molar-refractivity contribution in [2.24, 2.45) is 61.8 Å². The van der Waals surface area contributed by atoms with Crippen molar-refractivity contribution in [3.05, 3.63) is 0 Å². The maximum absolute atomic E-state index is 14.3. The monoisotopic (exact) mass is 1100 g/mol. The van der Waals surface area contributed by atoms with Gasteiger partial charge in [-0.2, -0.15) is 0 Å². The number of carboxylic acid groups (broad SMARTS) is 1. The molecule has 0 unspecified atom stereocenters. The summed E-state index contributed by atoms with van der Waals surface area (Å²) in [6, 6.07) is -11.8. The lowest BCUT2D eigenvalue weighted by Crippen LogP contribution is -2.61. The normalized spacial score (nSPS) is 20.8. The summed E-state index contributed by atoms with van der Waals surface area (Å²) in [6.45, 7) is 5.57. The Bertz CT molecular complexity index is 1960. The lowest BCUT2D eigenvalue weighted by molar-refractivity contribution is -0.138. The van der Waals surface area contributed by atoms with Gasteiger partial charge in [-0.3, -0.25) is 57.9 Å². The zero-order valence-corrected chi connectivity index (χ0v) is 44.7. The van der Waals surface area contributed by atoms with E-state index in [1.54, 1.807) is 13.8 Å². The number of amides is 9. The van der Waals surface area contributed by atoms with Gasteiger partial charge in [0, 0.05) is 31.0 Å². The van der Waals surface area contributed by atoms with Crippen LogP contribution in [0.2, 0.25) is 0 Å². The van der Waals surface area contributed by atoms with Gasteiger partial charge in [-0.15, -0.1) is 0 Å². The molecule has 0 aliphatic carbocycles. The van der Waals surface area contributed by atoms with E-state index in [1.165, 1.54) is 6.92 Å². The van der Waals surface area contributed by atoms with Crippen molar-refractivity contribution in [3.63, 3.8) is 0 Å². The average molecular weight is 1100 g/mol. The van der Waals surface area contributed by atoms with Gasteiger partial charge in [0.05, 0.1) is 6.04 Å². The molecule has 426 valence electrons. The molecule has 31 heteroatoms. The van der Waals surface area contributed by atoms with Crippen LogP contribution >= 0.6 is 21.6 Å². The van der Waals surface area contributed by atoms with Crippen molar-refractivity contribution in [1.82, 2.24) is 42.5 Å². The van der Waals surface area contributed by atoms with Crippen LogP contribution in [0.25, 0.3) is 0 Å². The molecule has 1 fully saturated rings. The fraction of sp³-hybridized carbons (Fsp3) is 0.727. The largest absolute Gasteiger partial charge is 0.481 e. The Kier molecular flexibility index (Phi) is 32.7. The van der Waals surface area contributed by atoms with Gasteiger partial charge in [-0.25, -0.2) is 0 Å². The van der Waals surface area contributed by atoms with Gasteiger partial charge in [-0.1, -0.05) is 41.9 Å². The van der Waals surface area contributed by atoms with Crippen LogP contribution in [-0.4, -0.2) is 168 Å². The SMILES string of the molecule is CC[C@H](C)[C@H](NC(=O)[C@H](CCC(=O)O)NC(=O)[C@@H](N)CCCN=C(N)N)C(=O)N[C@@H]1CSSC[C@@H](C(=O)N[C@@H](CCCN=C(N)N)C(N)=O)NC(=O)[C@H](CCCCN)NC(=O)[C@H](CCCCN)NC(=O)[C@H](C)NC1=O. The van der Waals surface area contributed by atoms with Crippen LogP contribution in [0.4, 0.5) is 0 Å². The molecule has 75 heavy (non-hydrogen) atoms. The zero-order valence-electron chi connectivity index (χ0n) is 43.1. The zero-order chi connectivity index (χ0) is 56.6. The summed E-state index contributed by atoms with van der Waals surface area (Å²) in [4.78, 5) is 143. The molecule has 25 N–H and O–H groups in total. The first-order valence-electron chi connectivity index (χ1n) is 24.9. The highest BCUT2D eigenvalue weighted by atomic mass is 33.1. The molecule has 0 aromatic carbocycles. The number of guanidine groups is 2. The van der Waals surface area contributed by atoms with Crippen LogP contribution < -0.4 is 88.4 Å². The van der Waals surface area contributed by atoms with Crippen molar-refractivity contribution in [2.45, 2.75) is 159 Å². The van der Waals surface area contributed by atoms with Crippen LogP contribution in [0.5, 0.6) is 0 Å². The van der Waals surface area contributed by atoms with Gasteiger partial charge in [0.15, 0.2) is 11.9 Å². The van der Waals surface area contributed by atoms with Crippen LogP contribution in [0, 0.1) is 5.92 Å². The minimum absolute atomic E-state index is 0.0248. The molecule has 0 aromatic heterocycles. The number of carbonyl (C=O) groups excluding carboxylic acids is 9. The quantitative estimate of drug-likeness (QED) is 0.0138. The van der Waals surface area contributed by atoms with Gasteiger partial charge in [0.2, 0.25) is 53.2 Å². The number of aliphatic carboxylic acids is 1. The number of aliphatic imine (C=N–C) groups is 2. The first kappa shape index (κ1) is 66.8. The van der Waals surface area contributed by atoms with Crippen LogP contribution in [0.1, 0.15) is 104 Å². The number of rotatable bonds is 30. The predicted octanol–water partition coefficient (Wildman–Crippen LogP) is -5.63. The van der Waals surface area contributed by atoms with Gasteiger partial charge in [0.25, 0.3) is 0 Å². The van der Waals surface area contributed by atoms with E-state index in [0.29, 0.717) is 38.5 Å². The molecule has 0 bridgehead atoms. The number of nitrogens with one attached hydrogen (secondary N) is 8. The minimum Gasteiger partial charge on any atom is -0.481 e. The minimum atomic E-state index is -1.46. The molecule has 0 saturated carbocycles. The number of carboxylic acids is 1. The van der Waals surface area contributed by atoms with E-state index in [2.05, 4.69) is 52.5 Å². The highest BCUT2D eigenvalue weighted by Gasteiger charge is 2.36. The third kappa shape index (κ3) is 27.3. The van der Waals surface area contributed by atoms with E-state index >= 15 is 0 Å². The average Bonchev–Trinajstić information content (AvgIpc) is 3.35. The predicted molar refractivity (Wildman–Crippen MR) is 285 cm³/mol. The van der Waals surface area contributed by atoms with E-state index in [4.69, 9.17) is 45.9 Å². The fourth-order valence-corrected chi connectivity index (χ4v) is 9.41. The molecule has 9 amide bonds. The Morgan fingerprint density at radius 1 is 0.667 bits per heavy atom. The Morgan fingerprint density at radius 2 is 1.21 bits per heavy atom. The van der Waals surface area contributed by atoms with E-state index in [0.717, 1.165) is 21.6 Å². The number of nitrogens with zero attached hydrogens (tertiary/aromatic N) is 2. The summed E-state index contributed by atoms with van der Waals surface area (Å²) in [5.41, 5.74) is 44.6. The second-order valence-electron chi connectivity index (χ2n) is 17.9. The maximum atomic E-state index is 14.3. The third-order valence-electron chi connectivity index (χ3n) is 11.7. The van der Waals surface area contributed by atoms with Crippen LogP contribution in [-0.2, 0) is 47.9 Å². The molecule has 0 radical (unpaired) electrons. The second-order valence-corrected chi connectivity index (χ2v) is 20.5. The summed E-state index contributed by atoms with van der Waals surface area (Å²) in [5.74, 6) is -10.1. The molecular formula is C44H82N18O11S2. The molecular weight excluding hydrogens is 1020 g/mol. The van der Waals surface area contributed by atoms with Crippen molar-refractivity contribution in [1.29, 1.82) is 0 Å². The van der Waals surface area contributed by atoms with E-state index in [9.17, 15) is 53.1 Å². The Morgan fingerprint density at radius 3 is 1.75 bits per heavy atom. The van der Waals surface area contributed by atoms with Gasteiger partial charge < -0.3 is 93.5 Å². The van der Waals surface area contributed by atoms with Gasteiger partial charge in [0.1, 0.15) is 48.3 Å². The second kappa shape index (κ2) is 36.7. The standard InChI is InChI=1S/C44H82N18O11S2/c1-4-23(2)33(62-39(70)29(15-16-32(63)64)58-36(67)25(47)11-9-19-53-43(49)50)42(73)61-30-21-74-75-22-31(41(72)56-26(34(48)65)14-10-20-54-44(51)52)60-38(69)28(13-6-8-18-46)59-37(68)27(12-5-7-17-45)57-35(66)24(3)55-40(30)71/h23-31,33H,4-22,45-47H2,1-3H3,(H2,48,65)(H,55,71)(H,56,72)(H,57,66)(H,58,67)(H,59,68)(H,60,69)(H,61,73)(H,62,70)(H,63,64)(H4,49,50,53)(H4,51,52,54)/t23-,24-,25-,26-,27-,28-,29-,30+,31-,33-/m0/s1. The summed E-state index contributed by atoms with van der Waals surface area (Å²) in [7, 11) is 1.97. The van der Waals surface area contributed by atoms with Crippen LogP contribution in [0.3, 0.4) is 0 Å². The number of hydrogen-bond donors (Lipinski definition) is 17. The molecule has 0 aromatic rings. The van der Waals surface area contributed by atoms with Crippen molar-refractivity contribution >= 4 is 92.6 Å². The smallest absolute Gasteiger partial charge is 0.303 e. The molecule has 0 spiro atoms. The highest BCUT2D eigenvalue weighted by molar-refractivity contribution is 8.76. The van der Waals surface area contributed by atoms with E-state index in [1.807, 2.05) is 0 Å². The highest BCUT2D eigenvalue weighted by Crippen LogP contribution is 2.24. The molecule has 1 aliphatic rings. The molecule has 29 nitrogen and oxygen atoms in total. The lowest BCUT2D eigenvalue weighted by Gasteiger charge is -2.29. The Balaban J connectivity index is 3.71. The molecule has 1 rings (SSSR count). The third-order valence-corrected chi connectivity index (χ3v) is 14.1. The molecule has 1 heterocycles. The Hall–Kier alpha value is -6.18. The molecule has 1 saturated heterocycles. The summed E-state index contributed by atoms with van der Waals surface area (Å²) in [5, 5.41) is 30.3. The van der Waals surface area contributed by atoms with Gasteiger partial charge >= 0.3 is 5.97 Å². The van der Waals surface area contributed by atoms with Crippen molar-refractivity contribution < 1.29 is 53.1 Å². The first-order chi connectivity index (χ1) is 35.4. The number of unbranched alkanes of at least 4 members (excludes halogenated alkanes) is 2. The van der Waals surface area contributed by atoms with E-state index < -0.39 is 126 Å². The van der Waals surface area contributed by atoms with Gasteiger partial charge in [-0.05, 0) is 96.6 Å². The lowest BCUT2D eigenvalue weighted by atomic mass is 9.97. The van der Waals surface area contributed by atoms with Crippen molar-refractivity contribution in [3.8, 4) is 0 Å². The maximum Gasteiger partial charge on any atom is 0.303 e. The number of carbonyl (C=O) groups is 10. The van der Waals surface area contributed by atoms with E-state index in [-0.39, 0.29) is 88.1 Å². The first-order valence-corrected chi connectivity index (χ1v) is 27.4. The summed E-state index contributed by atoms with van der Waals surface area (Å²) < 4.78 is 0. The Labute approximate surface area is 444 Å². The van der Waals surface area contributed by atoms with Crippen LogP contribution in [0.15, 0.2) is 9.98 Å². The summed E-state index contributed by atoms with van der Waals surface area (Å²) >= 11 is 0. The van der Waals surface area contributed by atoms with Crippen molar-refractivity contribution in [2.75, 3.05) is 37.7 Å². The topological polar surface area (TPSA) is 520 Å². The molecule has 1 aliphatic heterocycles. The fourth-order valence-electron chi connectivity index (χ4n) is 7.09. The number of hydrogen-bond acceptors (Lipinski definition) is 17.